The van der Waals surface area contributed by atoms with Gasteiger partial charge in [0.25, 0.3) is 0 Å². The van der Waals surface area contributed by atoms with Gasteiger partial charge in [0.05, 0.1) is 5.69 Å². The number of carbonyl (C=O) groups excluding carboxylic acids is 1. The first kappa shape index (κ1) is 12.4. The van der Waals surface area contributed by atoms with Crippen molar-refractivity contribution in [3.8, 4) is 0 Å². The van der Waals surface area contributed by atoms with Crippen molar-refractivity contribution in [2.24, 2.45) is 0 Å². The van der Waals surface area contributed by atoms with Gasteiger partial charge in [0, 0.05) is 12.6 Å². The first-order valence-corrected chi connectivity index (χ1v) is 5.05. The number of amides is 2. The number of anilines is 1. The van der Waals surface area contributed by atoms with E-state index in [0.29, 0.717) is 6.54 Å². The first-order chi connectivity index (χ1) is 7.54. The largest absolute Gasteiger partial charge is 0.338 e. The Labute approximate surface area is 92.8 Å². The third-order valence-electron chi connectivity index (χ3n) is 2.03. The van der Waals surface area contributed by atoms with Crippen molar-refractivity contribution in [3.05, 3.63) is 29.3 Å². The molecule has 16 heavy (non-hydrogen) atoms. The fourth-order valence-electron chi connectivity index (χ4n) is 1.15. The summed E-state index contributed by atoms with van der Waals surface area (Å²) < 4.78 is 26.4. The van der Waals surface area contributed by atoms with Crippen LogP contribution in [0.3, 0.4) is 0 Å². The molecule has 0 aliphatic carbocycles. The molecule has 0 spiro atoms. The molecule has 5 heteroatoms. The molecule has 0 aliphatic rings. The maximum Gasteiger partial charge on any atom is 0.319 e. The van der Waals surface area contributed by atoms with E-state index in [1.807, 2.05) is 6.92 Å². The quantitative estimate of drug-likeness (QED) is 0.820. The van der Waals surface area contributed by atoms with Crippen molar-refractivity contribution in [2.45, 2.75) is 20.3 Å². The number of benzene rings is 1. The van der Waals surface area contributed by atoms with E-state index in [9.17, 15) is 13.6 Å². The van der Waals surface area contributed by atoms with Crippen molar-refractivity contribution < 1.29 is 13.6 Å². The molecule has 1 aromatic rings. The summed E-state index contributed by atoms with van der Waals surface area (Å²) in [7, 11) is 0. The number of carbonyl (C=O) groups is 1. The summed E-state index contributed by atoms with van der Waals surface area (Å²) in [6, 6.07) is 1.48. The molecule has 2 N–H and O–H groups in total. The molecule has 3 nitrogen and oxygen atoms in total. The molecular formula is C11H14F2N2O. The summed E-state index contributed by atoms with van der Waals surface area (Å²) in [5, 5.41) is 4.75. The third-order valence-corrected chi connectivity index (χ3v) is 2.03. The SMILES string of the molecule is CCCNC(=O)Nc1cc(F)c(C)cc1F. The van der Waals surface area contributed by atoms with E-state index >= 15 is 0 Å². The van der Waals surface area contributed by atoms with Crippen LogP contribution in [-0.2, 0) is 0 Å². The number of urea groups is 1. The third kappa shape index (κ3) is 3.18. The molecule has 0 radical (unpaired) electrons. The number of nitrogens with one attached hydrogen (secondary N) is 2. The fraction of sp³-hybridized carbons (Fsp3) is 0.364. The Bertz CT molecular complexity index is 394. The van der Waals surface area contributed by atoms with Gasteiger partial charge in [-0.05, 0) is 25.0 Å². The lowest BCUT2D eigenvalue weighted by Crippen LogP contribution is -2.29. The second kappa shape index (κ2) is 5.44. The summed E-state index contributed by atoms with van der Waals surface area (Å²) in [5.74, 6) is -1.20. The maximum atomic E-state index is 13.3. The van der Waals surface area contributed by atoms with Gasteiger partial charge in [-0.15, -0.1) is 0 Å². The molecule has 0 saturated carbocycles. The number of rotatable bonds is 3. The molecule has 0 unspecified atom stereocenters. The Kier molecular flexibility index (Phi) is 4.22. The highest BCUT2D eigenvalue weighted by Gasteiger charge is 2.09. The molecule has 0 fully saturated rings. The molecule has 0 aliphatic heterocycles. The van der Waals surface area contributed by atoms with E-state index in [4.69, 9.17) is 0 Å². The average molecular weight is 228 g/mol. The summed E-state index contributed by atoms with van der Waals surface area (Å²) in [4.78, 5) is 11.2. The second-order valence-electron chi connectivity index (χ2n) is 3.46. The predicted octanol–water partition coefficient (Wildman–Crippen LogP) is 2.80. The summed E-state index contributed by atoms with van der Waals surface area (Å²) >= 11 is 0. The van der Waals surface area contributed by atoms with Gasteiger partial charge in [0.15, 0.2) is 0 Å². The lowest BCUT2D eigenvalue weighted by Gasteiger charge is -2.08. The lowest BCUT2D eigenvalue weighted by atomic mass is 10.2. The van der Waals surface area contributed by atoms with Gasteiger partial charge >= 0.3 is 6.03 Å². The minimum atomic E-state index is -0.648. The highest BCUT2D eigenvalue weighted by atomic mass is 19.1. The maximum absolute atomic E-state index is 13.3. The Hall–Kier alpha value is -1.65. The molecule has 0 atom stereocenters. The summed E-state index contributed by atoms with van der Waals surface area (Å²) in [6.45, 7) is 3.84. The van der Waals surface area contributed by atoms with Crippen molar-refractivity contribution in [3.63, 3.8) is 0 Å². The van der Waals surface area contributed by atoms with Crippen LogP contribution in [0.15, 0.2) is 12.1 Å². The molecule has 0 aromatic heterocycles. The zero-order valence-electron chi connectivity index (χ0n) is 9.23. The van der Waals surface area contributed by atoms with Gasteiger partial charge in [-0.1, -0.05) is 6.92 Å². The summed E-state index contributed by atoms with van der Waals surface area (Å²) in [5.41, 5.74) is 0.0497. The van der Waals surface area contributed by atoms with Gasteiger partial charge in [0.2, 0.25) is 0 Å². The zero-order valence-corrected chi connectivity index (χ0v) is 9.23. The minimum Gasteiger partial charge on any atom is -0.338 e. The molecule has 0 bridgehead atoms. The van der Waals surface area contributed by atoms with Crippen molar-refractivity contribution >= 4 is 11.7 Å². The van der Waals surface area contributed by atoms with Crippen molar-refractivity contribution in [1.29, 1.82) is 0 Å². The number of halogens is 2. The molecule has 0 heterocycles. The second-order valence-corrected chi connectivity index (χ2v) is 3.46. The first-order valence-electron chi connectivity index (χ1n) is 5.05. The molecular weight excluding hydrogens is 214 g/mol. The van der Waals surface area contributed by atoms with Crippen LogP contribution in [0.4, 0.5) is 19.3 Å². The van der Waals surface area contributed by atoms with E-state index in [1.54, 1.807) is 0 Å². The van der Waals surface area contributed by atoms with Crippen molar-refractivity contribution in [2.75, 3.05) is 11.9 Å². The van der Waals surface area contributed by atoms with Crippen LogP contribution in [0, 0.1) is 18.6 Å². The Balaban J connectivity index is 2.73. The number of aryl methyl sites for hydroxylation is 1. The van der Waals surface area contributed by atoms with E-state index in [2.05, 4.69) is 10.6 Å². The Morgan fingerprint density at radius 1 is 1.31 bits per heavy atom. The van der Waals surface area contributed by atoms with E-state index in [-0.39, 0.29) is 11.3 Å². The van der Waals surface area contributed by atoms with Crippen LogP contribution in [-0.4, -0.2) is 12.6 Å². The molecule has 88 valence electrons. The van der Waals surface area contributed by atoms with E-state index in [0.717, 1.165) is 18.6 Å². The molecule has 1 aromatic carbocycles. The monoisotopic (exact) mass is 228 g/mol. The fourth-order valence-corrected chi connectivity index (χ4v) is 1.15. The van der Waals surface area contributed by atoms with Gasteiger partial charge in [-0.3, -0.25) is 0 Å². The normalized spacial score (nSPS) is 10.0. The van der Waals surface area contributed by atoms with Crippen LogP contribution < -0.4 is 10.6 Å². The van der Waals surface area contributed by atoms with Crippen LogP contribution in [0.1, 0.15) is 18.9 Å². The highest BCUT2D eigenvalue weighted by molar-refractivity contribution is 5.89. The van der Waals surface area contributed by atoms with Gasteiger partial charge in [-0.2, -0.15) is 0 Å². The predicted molar refractivity (Wildman–Crippen MR) is 58.4 cm³/mol. The van der Waals surface area contributed by atoms with Gasteiger partial charge in [0.1, 0.15) is 11.6 Å². The standard InChI is InChI=1S/C11H14F2N2O/c1-3-4-14-11(16)15-10-6-8(12)7(2)5-9(10)13/h5-6H,3-4H2,1-2H3,(H2,14,15,16). The van der Waals surface area contributed by atoms with Gasteiger partial charge < -0.3 is 10.6 Å². The minimum absolute atomic E-state index is 0.156. The van der Waals surface area contributed by atoms with Crippen LogP contribution >= 0.6 is 0 Å². The Morgan fingerprint density at radius 2 is 2.00 bits per heavy atom. The topological polar surface area (TPSA) is 41.1 Å². The molecule has 0 saturated heterocycles. The van der Waals surface area contributed by atoms with E-state index < -0.39 is 17.7 Å². The molecule has 1 rings (SSSR count). The average Bonchev–Trinajstić information content (AvgIpc) is 2.23. The lowest BCUT2D eigenvalue weighted by molar-refractivity contribution is 0.252. The van der Waals surface area contributed by atoms with Gasteiger partial charge in [-0.25, -0.2) is 13.6 Å². The van der Waals surface area contributed by atoms with Crippen LogP contribution in [0.5, 0.6) is 0 Å². The van der Waals surface area contributed by atoms with Crippen molar-refractivity contribution in [1.82, 2.24) is 5.32 Å². The highest BCUT2D eigenvalue weighted by Crippen LogP contribution is 2.18. The van der Waals surface area contributed by atoms with E-state index in [1.165, 1.54) is 6.92 Å². The number of hydrogen-bond acceptors (Lipinski definition) is 1. The van der Waals surface area contributed by atoms with Crippen LogP contribution in [0.25, 0.3) is 0 Å². The zero-order chi connectivity index (χ0) is 12.1. The summed E-state index contributed by atoms with van der Waals surface area (Å²) in [6.07, 6.45) is 0.776. The number of hydrogen-bond donors (Lipinski definition) is 2. The smallest absolute Gasteiger partial charge is 0.319 e. The Morgan fingerprint density at radius 3 is 2.62 bits per heavy atom. The molecule has 2 amide bonds. The van der Waals surface area contributed by atoms with Crippen LogP contribution in [0.2, 0.25) is 0 Å².